The lowest BCUT2D eigenvalue weighted by atomic mass is 10.2. The van der Waals surface area contributed by atoms with Crippen LogP contribution in [0.1, 0.15) is 11.3 Å². The monoisotopic (exact) mass is 366 g/mol. The SMILES string of the molecule is CSCCC(NC(=O)NCc1sccc1Br)C(=O)O. The number of halogens is 1. The van der Waals surface area contributed by atoms with Gasteiger partial charge in [-0.2, -0.15) is 11.8 Å². The first kappa shape index (κ1) is 16.3. The number of carboxylic acid groups (broad SMARTS) is 1. The Labute approximate surface area is 128 Å². The van der Waals surface area contributed by atoms with Crippen LogP contribution in [0.5, 0.6) is 0 Å². The van der Waals surface area contributed by atoms with Gasteiger partial charge in [0.25, 0.3) is 0 Å². The molecule has 106 valence electrons. The molecule has 0 aromatic carbocycles. The number of thiophene rings is 1. The Morgan fingerprint density at radius 1 is 1.58 bits per heavy atom. The normalized spacial score (nSPS) is 11.9. The van der Waals surface area contributed by atoms with E-state index >= 15 is 0 Å². The lowest BCUT2D eigenvalue weighted by Crippen LogP contribution is -2.46. The Morgan fingerprint density at radius 3 is 2.84 bits per heavy atom. The number of rotatable bonds is 7. The average Bonchev–Trinajstić information content (AvgIpc) is 2.77. The lowest BCUT2D eigenvalue weighted by Gasteiger charge is -2.14. The molecule has 5 nitrogen and oxygen atoms in total. The standard InChI is InChI=1S/C11H15BrN2O3S2/c1-18-4-3-8(10(15)16)14-11(17)13-6-9-7(12)2-5-19-9/h2,5,8H,3-4,6H2,1H3,(H,15,16)(H2,13,14,17). The van der Waals surface area contributed by atoms with Crippen molar-refractivity contribution in [3.63, 3.8) is 0 Å². The molecule has 19 heavy (non-hydrogen) atoms. The first-order valence-electron chi connectivity index (χ1n) is 5.52. The van der Waals surface area contributed by atoms with Gasteiger partial charge in [0.05, 0.1) is 6.54 Å². The molecule has 3 N–H and O–H groups in total. The molecule has 1 aromatic rings. The van der Waals surface area contributed by atoms with Crippen LogP contribution in [-0.4, -0.2) is 35.2 Å². The minimum Gasteiger partial charge on any atom is -0.480 e. The summed E-state index contributed by atoms with van der Waals surface area (Å²) in [5.74, 6) is -0.324. The van der Waals surface area contributed by atoms with E-state index in [1.807, 2.05) is 17.7 Å². The zero-order valence-electron chi connectivity index (χ0n) is 10.3. The molecule has 1 heterocycles. The number of aliphatic carboxylic acids is 1. The highest BCUT2D eigenvalue weighted by molar-refractivity contribution is 9.10. The van der Waals surface area contributed by atoms with E-state index in [0.29, 0.717) is 18.7 Å². The van der Waals surface area contributed by atoms with Gasteiger partial charge < -0.3 is 15.7 Å². The third-order valence-electron chi connectivity index (χ3n) is 2.31. The third-order valence-corrected chi connectivity index (χ3v) is 4.88. The Hall–Kier alpha value is -0.730. The molecule has 1 unspecified atom stereocenters. The van der Waals surface area contributed by atoms with Gasteiger partial charge in [-0.15, -0.1) is 11.3 Å². The number of carboxylic acids is 1. The van der Waals surface area contributed by atoms with E-state index in [1.54, 1.807) is 11.8 Å². The fourth-order valence-corrected chi connectivity index (χ4v) is 3.22. The largest absolute Gasteiger partial charge is 0.480 e. The zero-order chi connectivity index (χ0) is 14.3. The first-order valence-corrected chi connectivity index (χ1v) is 8.59. The van der Waals surface area contributed by atoms with E-state index < -0.39 is 18.0 Å². The van der Waals surface area contributed by atoms with Gasteiger partial charge in [0.15, 0.2) is 0 Å². The summed E-state index contributed by atoms with van der Waals surface area (Å²) in [4.78, 5) is 23.6. The summed E-state index contributed by atoms with van der Waals surface area (Å²) in [5.41, 5.74) is 0. The Bertz CT molecular complexity index is 439. The molecule has 1 atom stereocenters. The number of carbonyl (C=O) groups is 2. The molecular formula is C11H15BrN2O3S2. The Balaban J connectivity index is 2.40. The van der Waals surface area contributed by atoms with Gasteiger partial charge in [-0.05, 0) is 45.8 Å². The van der Waals surface area contributed by atoms with Crippen LogP contribution >= 0.6 is 39.0 Å². The molecule has 0 aliphatic carbocycles. The molecule has 1 rings (SSSR count). The van der Waals surface area contributed by atoms with E-state index in [9.17, 15) is 9.59 Å². The van der Waals surface area contributed by atoms with Gasteiger partial charge in [0, 0.05) is 9.35 Å². The predicted molar refractivity (Wildman–Crippen MR) is 81.8 cm³/mol. The van der Waals surface area contributed by atoms with E-state index in [0.717, 1.165) is 9.35 Å². The topological polar surface area (TPSA) is 78.4 Å². The van der Waals surface area contributed by atoms with E-state index in [4.69, 9.17) is 5.11 Å². The molecule has 1 aromatic heterocycles. The van der Waals surface area contributed by atoms with Gasteiger partial charge in [0.1, 0.15) is 6.04 Å². The third kappa shape index (κ3) is 5.84. The van der Waals surface area contributed by atoms with E-state index in [1.165, 1.54) is 11.3 Å². The van der Waals surface area contributed by atoms with Crippen molar-refractivity contribution in [2.45, 2.75) is 19.0 Å². The van der Waals surface area contributed by atoms with Crippen molar-refractivity contribution in [2.24, 2.45) is 0 Å². The highest BCUT2D eigenvalue weighted by Crippen LogP contribution is 2.21. The van der Waals surface area contributed by atoms with Crippen LogP contribution in [0.2, 0.25) is 0 Å². The highest BCUT2D eigenvalue weighted by atomic mass is 79.9. The number of thioether (sulfide) groups is 1. The second-order valence-electron chi connectivity index (χ2n) is 3.69. The molecule has 8 heteroatoms. The molecule has 0 saturated carbocycles. The molecule has 0 aliphatic rings. The van der Waals surface area contributed by atoms with Crippen LogP contribution in [0.4, 0.5) is 4.79 Å². The second-order valence-corrected chi connectivity index (χ2v) is 6.53. The Kier molecular flexibility index (Phi) is 7.25. The van der Waals surface area contributed by atoms with E-state index in [2.05, 4.69) is 26.6 Å². The van der Waals surface area contributed by atoms with Crippen LogP contribution in [0.15, 0.2) is 15.9 Å². The predicted octanol–water partition coefficient (Wildman–Crippen LogP) is 2.52. The van der Waals surface area contributed by atoms with Crippen LogP contribution < -0.4 is 10.6 Å². The van der Waals surface area contributed by atoms with Crippen LogP contribution in [0, 0.1) is 0 Å². The quantitative estimate of drug-likeness (QED) is 0.692. The molecule has 0 aliphatic heterocycles. The van der Waals surface area contributed by atoms with Gasteiger partial charge in [-0.1, -0.05) is 0 Å². The molecule has 2 amide bonds. The van der Waals surface area contributed by atoms with Crippen molar-refractivity contribution in [3.8, 4) is 0 Å². The van der Waals surface area contributed by atoms with Crippen molar-refractivity contribution in [1.82, 2.24) is 10.6 Å². The fraction of sp³-hybridized carbons (Fsp3) is 0.455. The summed E-state index contributed by atoms with van der Waals surface area (Å²) in [7, 11) is 0. The maximum atomic E-state index is 11.6. The van der Waals surface area contributed by atoms with Gasteiger partial charge in [-0.25, -0.2) is 9.59 Å². The van der Waals surface area contributed by atoms with Crippen LogP contribution in [-0.2, 0) is 11.3 Å². The molecule has 0 bridgehead atoms. The number of hydrogen-bond acceptors (Lipinski definition) is 4. The summed E-state index contributed by atoms with van der Waals surface area (Å²) in [5, 5.41) is 16.0. The summed E-state index contributed by atoms with van der Waals surface area (Å²) in [6.07, 6.45) is 2.31. The van der Waals surface area contributed by atoms with Crippen molar-refractivity contribution in [1.29, 1.82) is 0 Å². The number of hydrogen-bond donors (Lipinski definition) is 3. The second kappa shape index (κ2) is 8.44. The molecular weight excluding hydrogens is 352 g/mol. The van der Waals surface area contributed by atoms with Crippen LogP contribution in [0.3, 0.4) is 0 Å². The number of nitrogens with one attached hydrogen (secondary N) is 2. The van der Waals surface area contributed by atoms with E-state index in [-0.39, 0.29) is 0 Å². The van der Waals surface area contributed by atoms with Crippen molar-refractivity contribution < 1.29 is 14.7 Å². The van der Waals surface area contributed by atoms with Crippen molar-refractivity contribution in [2.75, 3.05) is 12.0 Å². The van der Waals surface area contributed by atoms with Crippen LogP contribution in [0.25, 0.3) is 0 Å². The minimum atomic E-state index is -1.01. The lowest BCUT2D eigenvalue weighted by molar-refractivity contribution is -0.139. The number of amides is 2. The van der Waals surface area contributed by atoms with Gasteiger partial charge in [-0.3, -0.25) is 0 Å². The first-order chi connectivity index (χ1) is 9.04. The number of urea groups is 1. The van der Waals surface area contributed by atoms with Crippen molar-refractivity contribution >= 4 is 51.0 Å². The highest BCUT2D eigenvalue weighted by Gasteiger charge is 2.19. The smallest absolute Gasteiger partial charge is 0.326 e. The fourth-order valence-electron chi connectivity index (χ4n) is 1.31. The molecule has 0 radical (unpaired) electrons. The molecule has 0 fully saturated rings. The molecule has 0 saturated heterocycles. The Morgan fingerprint density at radius 2 is 2.32 bits per heavy atom. The summed E-state index contributed by atoms with van der Waals surface area (Å²) < 4.78 is 0.940. The van der Waals surface area contributed by atoms with Gasteiger partial charge in [0.2, 0.25) is 0 Å². The maximum absolute atomic E-state index is 11.6. The molecule has 0 spiro atoms. The number of carbonyl (C=O) groups excluding carboxylic acids is 1. The minimum absolute atomic E-state index is 0.374. The maximum Gasteiger partial charge on any atom is 0.326 e. The average molecular weight is 367 g/mol. The van der Waals surface area contributed by atoms with Gasteiger partial charge >= 0.3 is 12.0 Å². The summed E-state index contributed by atoms with van der Waals surface area (Å²) >= 11 is 6.44. The summed E-state index contributed by atoms with van der Waals surface area (Å²) in [6, 6.07) is 0.589. The zero-order valence-corrected chi connectivity index (χ0v) is 13.5. The van der Waals surface area contributed by atoms with Crippen molar-refractivity contribution in [3.05, 3.63) is 20.8 Å². The summed E-state index contributed by atoms with van der Waals surface area (Å²) in [6.45, 7) is 0.374.